The predicted octanol–water partition coefficient (Wildman–Crippen LogP) is 2.64. The summed E-state index contributed by atoms with van der Waals surface area (Å²) >= 11 is 5.00. The average molecular weight is 159 g/mol. The second kappa shape index (κ2) is 6.43. The Hall–Kier alpha value is -0.690. The Labute approximate surface area is 66.3 Å². The maximum Gasteiger partial charge on any atom is 0.115 e. The minimum absolute atomic E-state index is 0.322. The van der Waals surface area contributed by atoms with Gasteiger partial charge in [-0.15, -0.1) is 11.6 Å². The summed E-state index contributed by atoms with van der Waals surface area (Å²) in [4.78, 5) is 0. The van der Waals surface area contributed by atoms with Crippen molar-refractivity contribution in [1.29, 1.82) is 0 Å². The Morgan fingerprint density at radius 2 is 1.70 bits per heavy atom. The zero-order valence-electron chi connectivity index (χ0n) is 5.92. The highest BCUT2D eigenvalue weighted by Crippen LogP contribution is 2.02. The molecule has 1 aromatic rings. The van der Waals surface area contributed by atoms with Crippen LogP contribution in [0.15, 0.2) is 30.3 Å². The van der Waals surface area contributed by atoms with Gasteiger partial charge >= 0.3 is 0 Å². The maximum atomic E-state index is 8.63. The molecular formula is C8H11ClO. The second-order valence-corrected chi connectivity index (χ2v) is 2.14. The van der Waals surface area contributed by atoms with Gasteiger partial charge in [0, 0.05) is 5.88 Å². The first-order valence-corrected chi connectivity index (χ1v) is 3.64. The number of hydrogen-bond donors (Lipinski definition) is 1. The van der Waals surface area contributed by atoms with Crippen molar-refractivity contribution in [1.82, 2.24) is 0 Å². The van der Waals surface area contributed by atoms with Crippen molar-refractivity contribution in [3.05, 3.63) is 30.3 Å². The topological polar surface area (TPSA) is 20.2 Å². The Morgan fingerprint density at radius 3 is 1.90 bits per heavy atom. The van der Waals surface area contributed by atoms with Crippen molar-refractivity contribution in [3.63, 3.8) is 0 Å². The van der Waals surface area contributed by atoms with Crippen LogP contribution in [0.1, 0.15) is 6.92 Å². The fourth-order valence-electron chi connectivity index (χ4n) is 0.428. The summed E-state index contributed by atoms with van der Waals surface area (Å²) in [7, 11) is 0. The summed E-state index contributed by atoms with van der Waals surface area (Å²) in [6.45, 7) is 1.89. The molecule has 0 saturated heterocycles. The fraction of sp³-hybridized carbons (Fsp3) is 0.250. The van der Waals surface area contributed by atoms with Crippen LogP contribution in [0.5, 0.6) is 5.75 Å². The number of phenolic OH excluding ortho intramolecular Hbond substituents is 1. The molecule has 56 valence electrons. The minimum Gasteiger partial charge on any atom is -0.508 e. The summed E-state index contributed by atoms with van der Waals surface area (Å²) < 4.78 is 0. The molecule has 0 unspecified atom stereocenters. The molecule has 0 heterocycles. The van der Waals surface area contributed by atoms with Gasteiger partial charge in [-0.25, -0.2) is 0 Å². The second-order valence-electron chi connectivity index (χ2n) is 1.60. The Morgan fingerprint density at radius 1 is 1.30 bits per heavy atom. The molecule has 0 fully saturated rings. The Kier molecular flexibility index (Phi) is 5.99. The van der Waals surface area contributed by atoms with Gasteiger partial charge in [0.25, 0.3) is 0 Å². The zero-order valence-corrected chi connectivity index (χ0v) is 6.67. The highest BCUT2D eigenvalue weighted by Gasteiger charge is 1.74. The van der Waals surface area contributed by atoms with E-state index in [1.54, 1.807) is 24.3 Å². The lowest BCUT2D eigenvalue weighted by atomic mass is 10.3. The molecule has 0 atom stereocenters. The summed E-state index contributed by atoms with van der Waals surface area (Å²) in [6.07, 6.45) is 0. The van der Waals surface area contributed by atoms with Crippen molar-refractivity contribution < 1.29 is 5.11 Å². The predicted molar refractivity (Wildman–Crippen MR) is 44.5 cm³/mol. The van der Waals surface area contributed by atoms with Crippen LogP contribution in [-0.4, -0.2) is 11.0 Å². The van der Waals surface area contributed by atoms with Crippen LogP contribution in [0.3, 0.4) is 0 Å². The molecule has 0 saturated carbocycles. The molecule has 0 radical (unpaired) electrons. The van der Waals surface area contributed by atoms with E-state index in [-0.39, 0.29) is 0 Å². The van der Waals surface area contributed by atoms with E-state index in [2.05, 4.69) is 0 Å². The normalized spacial score (nSPS) is 7.80. The molecule has 0 aliphatic carbocycles. The van der Waals surface area contributed by atoms with Crippen molar-refractivity contribution >= 4 is 11.6 Å². The van der Waals surface area contributed by atoms with E-state index in [9.17, 15) is 0 Å². The first-order valence-electron chi connectivity index (χ1n) is 3.11. The third-order valence-electron chi connectivity index (χ3n) is 0.756. The van der Waals surface area contributed by atoms with E-state index in [0.29, 0.717) is 5.75 Å². The van der Waals surface area contributed by atoms with Crippen LogP contribution in [0.2, 0.25) is 0 Å². The quantitative estimate of drug-likeness (QED) is 0.576. The van der Waals surface area contributed by atoms with Gasteiger partial charge < -0.3 is 5.11 Å². The Bertz CT molecular complexity index is 151. The third kappa shape index (κ3) is 5.45. The molecule has 0 spiro atoms. The van der Waals surface area contributed by atoms with Crippen LogP contribution in [0.4, 0.5) is 0 Å². The SMILES string of the molecule is CCCl.Oc1ccccc1. The van der Waals surface area contributed by atoms with Crippen molar-refractivity contribution in [2.24, 2.45) is 0 Å². The first kappa shape index (κ1) is 9.31. The minimum atomic E-state index is 0.322. The van der Waals surface area contributed by atoms with Gasteiger partial charge in [-0.2, -0.15) is 0 Å². The number of phenols is 1. The fourth-order valence-corrected chi connectivity index (χ4v) is 0.428. The van der Waals surface area contributed by atoms with Gasteiger partial charge in [0.15, 0.2) is 0 Å². The van der Waals surface area contributed by atoms with E-state index in [0.717, 1.165) is 5.88 Å². The highest BCUT2D eigenvalue weighted by molar-refractivity contribution is 6.17. The van der Waals surface area contributed by atoms with Gasteiger partial charge in [0.2, 0.25) is 0 Å². The Balaban J connectivity index is 0.000000236. The molecule has 0 bridgehead atoms. The first-order chi connectivity index (χ1) is 4.81. The average Bonchev–Trinajstić information content (AvgIpc) is 1.91. The summed E-state index contributed by atoms with van der Waals surface area (Å²) in [5, 5.41) is 8.63. The zero-order chi connectivity index (χ0) is 7.82. The molecule has 10 heavy (non-hydrogen) atoms. The lowest BCUT2D eigenvalue weighted by Gasteiger charge is -1.82. The summed E-state index contributed by atoms with van der Waals surface area (Å²) in [5.74, 6) is 1.04. The number of para-hydroxylation sites is 1. The van der Waals surface area contributed by atoms with Crippen LogP contribution in [0, 0.1) is 0 Å². The summed E-state index contributed by atoms with van der Waals surface area (Å²) in [5.41, 5.74) is 0. The van der Waals surface area contributed by atoms with Gasteiger partial charge in [0.05, 0.1) is 0 Å². The van der Waals surface area contributed by atoms with E-state index < -0.39 is 0 Å². The van der Waals surface area contributed by atoms with Crippen molar-refractivity contribution in [2.45, 2.75) is 6.92 Å². The maximum absolute atomic E-state index is 8.63. The molecule has 1 N–H and O–H groups in total. The number of benzene rings is 1. The molecule has 0 aliphatic heterocycles. The summed E-state index contributed by atoms with van der Waals surface area (Å²) in [6, 6.07) is 8.71. The third-order valence-corrected chi connectivity index (χ3v) is 0.756. The molecule has 0 aliphatic rings. The lowest BCUT2D eigenvalue weighted by Crippen LogP contribution is -1.56. The van der Waals surface area contributed by atoms with Gasteiger partial charge in [-0.3, -0.25) is 0 Å². The molecule has 2 heteroatoms. The molecule has 1 aromatic carbocycles. The smallest absolute Gasteiger partial charge is 0.115 e. The number of halogens is 1. The number of hydrogen-bond acceptors (Lipinski definition) is 1. The van der Waals surface area contributed by atoms with Gasteiger partial charge in [0.1, 0.15) is 5.75 Å². The van der Waals surface area contributed by atoms with Crippen LogP contribution < -0.4 is 0 Å². The molecule has 1 nitrogen and oxygen atoms in total. The standard InChI is InChI=1S/C6H6O.C2H5Cl/c7-6-4-2-1-3-5-6;1-2-3/h1-5,7H;2H2,1H3. The lowest BCUT2D eigenvalue weighted by molar-refractivity contribution is 0.475. The van der Waals surface area contributed by atoms with Gasteiger partial charge in [-0.1, -0.05) is 25.1 Å². The van der Waals surface area contributed by atoms with Gasteiger partial charge in [-0.05, 0) is 12.1 Å². The number of alkyl halides is 1. The van der Waals surface area contributed by atoms with Crippen LogP contribution in [0.25, 0.3) is 0 Å². The van der Waals surface area contributed by atoms with E-state index in [1.165, 1.54) is 0 Å². The van der Waals surface area contributed by atoms with E-state index in [1.807, 2.05) is 13.0 Å². The monoisotopic (exact) mass is 158 g/mol. The van der Waals surface area contributed by atoms with Crippen molar-refractivity contribution in [2.75, 3.05) is 5.88 Å². The van der Waals surface area contributed by atoms with E-state index in [4.69, 9.17) is 16.7 Å². The molecule has 0 aromatic heterocycles. The van der Waals surface area contributed by atoms with E-state index >= 15 is 0 Å². The van der Waals surface area contributed by atoms with Crippen LogP contribution in [-0.2, 0) is 0 Å². The molecule has 0 amide bonds. The molecular weight excluding hydrogens is 148 g/mol. The number of rotatable bonds is 0. The van der Waals surface area contributed by atoms with Crippen molar-refractivity contribution in [3.8, 4) is 5.75 Å². The highest BCUT2D eigenvalue weighted by atomic mass is 35.5. The van der Waals surface area contributed by atoms with Crippen LogP contribution >= 0.6 is 11.6 Å². The largest absolute Gasteiger partial charge is 0.508 e. The number of aromatic hydroxyl groups is 1. The molecule has 1 rings (SSSR count).